The fraction of sp³-hybridized carbons (Fsp3) is 0.235. The first-order valence-corrected chi connectivity index (χ1v) is 9.12. The Morgan fingerprint density at radius 3 is 2.32 bits per heavy atom. The molecule has 2 aromatic rings. The molecule has 0 bridgehead atoms. The topological polar surface area (TPSA) is 84.9 Å². The third kappa shape index (κ3) is 3.69. The van der Waals surface area contributed by atoms with Gasteiger partial charge < -0.3 is 14.4 Å². The van der Waals surface area contributed by atoms with Crippen molar-refractivity contribution >= 4 is 27.3 Å². The summed E-state index contributed by atoms with van der Waals surface area (Å²) in [6.07, 6.45) is 0. The van der Waals surface area contributed by atoms with E-state index in [-0.39, 0.29) is 10.8 Å². The Hall–Kier alpha value is -2.74. The summed E-state index contributed by atoms with van der Waals surface area (Å²) in [6, 6.07) is 11.0. The van der Waals surface area contributed by atoms with E-state index in [1.165, 1.54) is 24.0 Å². The summed E-state index contributed by atoms with van der Waals surface area (Å²) < 4.78 is 38.4. The van der Waals surface area contributed by atoms with E-state index in [9.17, 15) is 13.2 Å². The van der Waals surface area contributed by atoms with Crippen molar-refractivity contribution < 1.29 is 22.7 Å². The molecule has 0 aliphatic carbocycles. The van der Waals surface area contributed by atoms with Crippen molar-refractivity contribution in [2.24, 2.45) is 0 Å². The average molecular weight is 362 g/mol. The van der Waals surface area contributed by atoms with Crippen LogP contribution in [-0.2, 0) is 14.8 Å². The molecule has 1 amide bonds. The molecular formula is C17H18N2O5S. The van der Waals surface area contributed by atoms with E-state index in [1.807, 2.05) is 0 Å². The van der Waals surface area contributed by atoms with Gasteiger partial charge in [-0.25, -0.2) is 8.42 Å². The molecule has 0 atom stereocenters. The van der Waals surface area contributed by atoms with Crippen molar-refractivity contribution in [2.75, 3.05) is 29.9 Å². The third-order valence-electron chi connectivity index (χ3n) is 3.80. The quantitative estimate of drug-likeness (QED) is 0.902. The number of carbonyl (C=O) groups excluding carboxylic acids is 1. The summed E-state index contributed by atoms with van der Waals surface area (Å²) >= 11 is 0. The Morgan fingerprint density at radius 2 is 1.68 bits per heavy atom. The summed E-state index contributed by atoms with van der Waals surface area (Å²) in [6.45, 7) is 2.28. The molecular weight excluding hydrogens is 344 g/mol. The van der Waals surface area contributed by atoms with E-state index in [0.29, 0.717) is 36.1 Å². The summed E-state index contributed by atoms with van der Waals surface area (Å²) in [5, 5.41) is 0. The number of rotatable bonds is 4. The molecule has 0 saturated heterocycles. The maximum Gasteiger partial charge on any atom is 0.262 e. The van der Waals surface area contributed by atoms with Gasteiger partial charge in [0.25, 0.3) is 10.0 Å². The van der Waals surface area contributed by atoms with Gasteiger partial charge in [0.05, 0.1) is 4.90 Å². The third-order valence-corrected chi connectivity index (χ3v) is 5.18. The van der Waals surface area contributed by atoms with Gasteiger partial charge >= 0.3 is 0 Å². The van der Waals surface area contributed by atoms with Crippen LogP contribution in [0.1, 0.15) is 6.92 Å². The molecule has 2 aromatic carbocycles. The maximum atomic E-state index is 12.5. The summed E-state index contributed by atoms with van der Waals surface area (Å²) in [5.74, 6) is 0.832. The first kappa shape index (κ1) is 17.1. The second-order valence-corrected chi connectivity index (χ2v) is 7.22. The van der Waals surface area contributed by atoms with Crippen LogP contribution in [0.5, 0.6) is 11.5 Å². The number of anilines is 2. The highest BCUT2D eigenvalue weighted by Gasteiger charge is 2.19. The second-order valence-electron chi connectivity index (χ2n) is 5.54. The molecule has 1 aliphatic rings. The van der Waals surface area contributed by atoms with Gasteiger partial charge in [0.15, 0.2) is 11.5 Å². The van der Waals surface area contributed by atoms with Gasteiger partial charge in [-0.2, -0.15) is 0 Å². The van der Waals surface area contributed by atoms with Crippen LogP contribution in [0.15, 0.2) is 47.4 Å². The zero-order valence-corrected chi connectivity index (χ0v) is 14.7. The molecule has 0 aromatic heterocycles. The number of hydrogen-bond acceptors (Lipinski definition) is 5. The largest absolute Gasteiger partial charge is 0.486 e. The van der Waals surface area contributed by atoms with Crippen molar-refractivity contribution in [3.8, 4) is 11.5 Å². The van der Waals surface area contributed by atoms with Crippen LogP contribution in [-0.4, -0.2) is 34.6 Å². The normalized spacial score (nSPS) is 13.2. The van der Waals surface area contributed by atoms with Crippen LogP contribution < -0.4 is 19.1 Å². The highest BCUT2D eigenvalue weighted by atomic mass is 32.2. The van der Waals surface area contributed by atoms with Crippen molar-refractivity contribution in [3.63, 3.8) is 0 Å². The lowest BCUT2D eigenvalue weighted by molar-refractivity contribution is -0.116. The Morgan fingerprint density at radius 1 is 1.04 bits per heavy atom. The number of fused-ring (bicyclic) bond motifs is 1. The van der Waals surface area contributed by atoms with Gasteiger partial charge in [0, 0.05) is 31.4 Å². The number of carbonyl (C=O) groups is 1. The Labute approximate surface area is 146 Å². The van der Waals surface area contributed by atoms with Gasteiger partial charge in [-0.1, -0.05) is 0 Å². The summed E-state index contributed by atoms with van der Waals surface area (Å²) in [7, 11) is -2.11. The number of nitrogens with one attached hydrogen (secondary N) is 1. The molecule has 1 N–H and O–H groups in total. The minimum atomic E-state index is -3.76. The lowest BCUT2D eigenvalue weighted by Crippen LogP contribution is -2.22. The smallest absolute Gasteiger partial charge is 0.262 e. The predicted molar refractivity (Wildman–Crippen MR) is 93.8 cm³/mol. The molecule has 8 heteroatoms. The van der Waals surface area contributed by atoms with Crippen LogP contribution in [0, 0.1) is 0 Å². The lowest BCUT2D eigenvalue weighted by atomic mass is 10.2. The van der Waals surface area contributed by atoms with Gasteiger partial charge in [-0.15, -0.1) is 0 Å². The first-order valence-electron chi connectivity index (χ1n) is 7.64. The first-order chi connectivity index (χ1) is 11.9. The van der Waals surface area contributed by atoms with Gasteiger partial charge in [-0.05, 0) is 36.4 Å². The molecule has 0 saturated carbocycles. The monoisotopic (exact) mass is 362 g/mol. The van der Waals surface area contributed by atoms with Gasteiger partial charge in [0.2, 0.25) is 5.91 Å². The van der Waals surface area contributed by atoms with Crippen molar-refractivity contribution in [1.82, 2.24) is 0 Å². The Bertz CT molecular complexity index is 894. The molecule has 1 aliphatic heterocycles. The predicted octanol–water partition coefficient (Wildman–Crippen LogP) is 2.24. The number of benzene rings is 2. The molecule has 7 nitrogen and oxygen atoms in total. The Balaban J connectivity index is 1.80. The van der Waals surface area contributed by atoms with Crippen LogP contribution in [0.25, 0.3) is 0 Å². The highest BCUT2D eigenvalue weighted by Crippen LogP contribution is 2.32. The zero-order chi connectivity index (χ0) is 18.0. The maximum absolute atomic E-state index is 12.5. The fourth-order valence-electron chi connectivity index (χ4n) is 2.34. The van der Waals surface area contributed by atoms with E-state index in [1.54, 1.807) is 37.4 Å². The van der Waals surface area contributed by atoms with Gasteiger partial charge in [0.1, 0.15) is 13.2 Å². The zero-order valence-electron chi connectivity index (χ0n) is 13.9. The molecule has 0 fully saturated rings. The van der Waals surface area contributed by atoms with E-state index in [4.69, 9.17) is 9.47 Å². The molecule has 1 heterocycles. The van der Waals surface area contributed by atoms with Crippen LogP contribution in [0.4, 0.5) is 11.4 Å². The SMILES string of the molecule is CC(=O)N(C)c1ccc(NS(=O)(=O)c2ccc3c(c2)OCCO3)cc1. The van der Waals surface area contributed by atoms with Crippen molar-refractivity contribution in [3.05, 3.63) is 42.5 Å². The van der Waals surface area contributed by atoms with Crippen molar-refractivity contribution in [2.45, 2.75) is 11.8 Å². The molecule has 25 heavy (non-hydrogen) atoms. The fourth-order valence-corrected chi connectivity index (χ4v) is 3.41. The summed E-state index contributed by atoms with van der Waals surface area (Å²) in [4.78, 5) is 12.9. The van der Waals surface area contributed by atoms with Crippen LogP contribution in [0.2, 0.25) is 0 Å². The molecule has 3 rings (SSSR count). The van der Waals surface area contributed by atoms with E-state index < -0.39 is 10.0 Å². The minimum absolute atomic E-state index is 0.0849. The average Bonchev–Trinajstić information content (AvgIpc) is 2.61. The van der Waals surface area contributed by atoms with Gasteiger partial charge in [-0.3, -0.25) is 9.52 Å². The number of hydrogen-bond donors (Lipinski definition) is 1. The van der Waals surface area contributed by atoms with E-state index >= 15 is 0 Å². The van der Waals surface area contributed by atoms with E-state index in [2.05, 4.69) is 4.72 Å². The standard InChI is InChI=1S/C17H18N2O5S/c1-12(20)19(2)14-5-3-13(4-6-14)18-25(21,22)15-7-8-16-17(11-15)24-10-9-23-16/h3-8,11,18H,9-10H2,1-2H3. The highest BCUT2D eigenvalue weighted by molar-refractivity contribution is 7.92. The summed E-state index contributed by atoms with van der Waals surface area (Å²) in [5.41, 5.74) is 1.07. The Kier molecular flexibility index (Phi) is 4.54. The number of ether oxygens (including phenoxy) is 2. The molecule has 132 valence electrons. The van der Waals surface area contributed by atoms with Crippen LogP contribution >= 0.6 is 0 Å². The molecule has 0 spiro atoms. The number of amides is 1. The minimum Gasteiger partial charge on any atom is -0.486 e. The lowest BCUT2D eigenvalue weighted by Gasteiger charge is -2.19. The van der Waals surface area contributed by atoms with E-state index in [0.717, 1.165) is 0 Å². The molecule has 0 radical (unpaired) electrons. The number of nitrogens with zero attached hydrogens (tertiary/aromatic N) is 1. The second kappa shape index (κ2) is 6.64. The number of sulfonamides is 1. The van der Waals surface area contributed by atoms with Crippen molar-refractivity contribution in [1.29, 1.82) is 0 Å². The molecule has 0 unspecified atom stereocenters. The van der Waals surface area contributed by atoms with Crippen LogP contribution in [0.3, 0.4) is 0 Å².